The maximum absolute atomic E-state index is 9.36. The van der Waals surface area contributed by atoms with Crippen LogP contribution in [0.5, 0.6) is 0 Å². The Balaban J connectivity index is 1.92. The molecule has 1 aliphatic heterocycles. The van der Waals surface area contributed by atoms with Crippen molar-refractivity contribution in [3.8, 4) is 0 Å². The minimum Gasteiger partial charge on any atom is -0.394 e. The lowest BCUT2D eigenvalue weighted by Crippen LogP contribution is -2.44. The molecule has 0 spiro atoms. The van der Waals surface area contributed by atoms with Crippen molar-refractivity contribution in [2.45, 2.75) is 24.8 Å². The highest BCUT2D eigenvalue weighted by Gasteiger charge is 2.31. The average molecular weight is 247 g/mol. The summed E-state index contributed by atoms with van der Waals surface area (Å²) in [5.74, 6) is 0. The zero-order valence-corrected chi connectivity index (χ0v) is 10.7. The van der Waals surface area contributed by atoms with E-state index in [2.05, 4.69) is 5.32 Å². The molecule has 1 rings (SSSR count). The number of nitrogens with one attached hydrogen (secondary N) is 1. The van der Waals surface area contributed by atoms with Crippen LogP contribution in [0, 0.1) is 0 Å². The Kier molecular flexibility index (Phi) is 7.72. The Hall–Kier alpha value is -0.200. The molecule has 2 N–H and O–H groups in total. The van der Waals surface area contributed by atoms with Crippen LogP contribution < -0.4 is 5.32 Å². The first kappa shape index (κ1) is 14.9. The Bertz CT molecular complexity index is 183. The molecule has 0 aromatic carbocycles. The number of ether oxygens (including phenoxy) is 3. The van der Waals surface area contributed by atoms with Gasteiger partial charge in [0, 0.05) is 19.3 Å². The molecule has 102 valence electrons. The third kappa shape index (κ3) is 5.79. The lowest BCUT2D eigenvalue weighted by molar-refractivity contribution is 0.0170. The quantitative estimate of drug-likeness (QED) is 0.539. The highest BCUT2D eigenvalue weighted by Crippen LogP contribution is 2.22. The molecule has 1 unspecified atom stereocenters. The molecule has 17 heavy (non-hydrogen) atoms. The maximum atomic E-state index is 9.36. The van der Waals surface area contributed by atoms with E-state index in [0.717, 1.165) is 25.8 Å². The van der Waals surface area contributed by atoms with E-state index in [1.165, 1.54) is 0 Å². The molecule has 5 nitrogen and oxygen atoms in total. The van der Waals surface area contributed by atoms with Gasteiger partial charge in [-0.25, -0.2) is 0 Å². The van der Waals surface area contributed by atoms with E-state index < -0.39 is 0 Å². The zero-order valence-electron chi connectivity index (χ0n) is 10.7. The Labute approximate surface area is 103 Å². The van der Waals surface area contributed by atoms with Crippen LogP contribution in [0.25, 0.3) is 0 Å². The summed E-state index contributed by atoms with van der Waals surface area (Å²) >= 11 is 0. The van der Waals surface area contributed by atoms with E-state index in [-0.39, 0.29) is 12.1 Å². The van der Waals surface area contributed by atoms with Crippen molar-refractivity contribution < 1.29 is 19.3 Å². The Morgan fingerprint density at radius 3 is 2.41 bits per heavy atom. The highest BCUT2D eigenvalue weighted by atomic mass is 16.5. The molecule has 0 saturated carbocycles. The molecule has 0 radical (unpaired) electrons. The third-order valence-electron chi connectivity index (χ3n) is 3.16. The van der Waals surface area contributed by atoms with Crippen LogP contribution in [0.1, 0.15) is 19.3 Å². The fourth-order valence-corrected chi connectivity index (χ4v) is 2.03. The summed E-state index contributed by atoms with van der Waals surface area (Å²) in [7, 11) is 1.66. The van der Waals surface area contributed by atoms with Gasteiger partial charge in [0.15, 0.2) is 0 Å². The molecule has 5 heteroatoms. The van der Waals surface area contributed by atoms with Gasteiger partial charge < -0.3 is 24.6 Å². The van der Waals surface area contributed by atoms with Crippen molar-refractivity contribution in [3.05, 3.63) is 0 Å². The van der Waals surface area contributed by atoms with Gasteiger partial charge >= 0.3 is 0 Å². The van der Waals surface area contributed by atoms with Crippen LogP contribution in [-0.4, -0.2) is 63.9 Å². The summed E-state index contributed by atoms with van der Waals surface area (Å²) in [5, 5.41) is 12.7. The lowest BCUT2D eigenvalue weighted by Gasteiger charge is -2.26. The van der Waals surface area contributed by atoms with Crippen LogP contribution in [-0.2, 0) is 14.2 Å². The fourth-order valence-electron chi connectivity index (χ4n) is 2.03. The molecule has 1 aliphatic rings. The topological polar surface area (TPSA) is 60.0 Å². The monoisotopic (exact) mass is 247 g/mol. The molecule has 0 aromatic rings. The second-order valence-corrected chi connectivity index (χ2v) is 4.44. The van der Waals surface area contributed by atoms with E-state index in [1.54, 1.807) is 7.11 Å². The number of aliphatic hydroxyl groups excluding tert-OH is 1. The fraction of sp³-hybridized carbons (Fsp3) is 1.00. The van der Waals surface area contributed by atoms with E-state index in [9.17, 15) is 5.11 Å². The highest BCUT2D eigenvalue weighted by molar-refractivity contribution is 4.92. The largest absolute Gasteiger partial charge is 0.394 e. The van der Waals surface area contributed by atoms with Gasteiger partial charge in [0.1, 0.15) is 0 Å². The van der Waals surface area contributed by atoms with Crippen molar-refractivity contribution in [1.29, 1.82) is 0 Å². The number of rotatable bonds is 10. The third-order valence-corrected chi connectivity index (χ3v) is 3.16. The van der Waals surface area contributed by atoms with E-state index in [1.807, 2.05) is 0 Å². The molecule has 1 atom stereocenters. The first-order chi connectivity index (χ1) is 8.33. The second-order valence-electron chi connectivity index (χ2n) is 4.44. The SMILES string of the molecule is COCCOCCOCCC1(CO)CCCN1. The predicted octanol–water partition coefficient (Wildman–Crippen LogP) is 0.171. The molecule has 1 heterocycles. The van der Waals surface area contributed by atoms with Gasteiger partial charge in [-0.05, 0) is 25.8 Å². The van der Waals surface area contributed by atoms with Crippen LogP contribution in [0.2, 0.25) is 0 Å². The van der Waals surface area contributed by atoms with E-state index >= 15 is 0 Å². The summed E-state index contributed by atoms with van der Waals surface area (Å²) in [6.45, 7) is 4.30. The van der Waals surface area contributed by atoms with Gasteiger partial charge in [0.05, 0.1) is 33.0 Å². The standard InChI is InChI=1S/C12H25NO4/c1-15-7-8-17-10-9-16-6-4-12(11-14)3-2-5-13-12/h13-14H,2-11H2,1H3. The number of methoxy groups -OCH3 is 1. The molecule has 1 saturated heterocycles. The van der Waals surface area contributed by atoms with Crippen LogP contribution in [0.3, 0.4) is 0 Å². The molecule has 0 amide bonds. The first-order valence-corrected chi connectivity index (χ1v) is 6.33. The predicted molar refractivity (Wildman–Crippen MR) is 65.2 cm³/mol. The van der Waals surface area contributed by atoms with Gasteiger partial charge in [-0.3, -0.25) is 0 Å². The van der Waals surface area contributed by atoms with Crippen molar-refractivity contribution >= 4 is 0 Å². The van der Waals surface area contributed by atoms with Crippen LogP contribution in [0.4, 0.5) is 0 Å². The minimum absolute atomic E-state index is 0.100. The first-order valence-electron chi connectivity index (χ1n) is 6.33. The van der Waals surface area contributed by atoms with Gasteiger partial charge in [-0.2, -0.15) is 0 Å². The molecule has 0 bridgehead atoms. The minimum atomic E-state index is -0.100. The van der Waals surface area contributed by atoms with Crippen LogP contribution >= 0.6 is 0 Å². The summed E-state index contributed by atoms with van der Waals surface area (Å²) < 4.78 is 15.6. The summed E-state index contributed by atoms with van der Waals surface area (Å²) in [6, 6.07) is 0. The summed E-state index contributed by atoms with van der Waals surface area (Å²) in [4.78, 5) is 0. The van der Waals surface area contributed by atoms with Crippen molar-refractivity contribution in [2.24, 2.45) is 0 Å². The van der Waals surface area contributed by atoms with Gasteiger partial charge in [-0.15, -0.1) is 0 Å². The Morgan fingerprint density at radius 2 is 1.82 bits per heavy atom. The normalized spacial score (nSPS) is 24.4. The zero-order chi connectivity index (χ0) is 12.4. The average Bonchev–Trinajstić information content (AvgIpc) is 2.82. The van der Waals surface area contributed by atoms with Gasteiger partial charge in [-0.1, -0.05) is 0 Å². The maximum Gasteiger partial charge on any atom is 0.0701 e. The second kappa shape index (κ2) is 8.83. The van der Waals surface area contributed by atoms with Crippen LogP contribution in [0.15, 0.2) is 0 Å². The van der Waals surface area contributed by atoms with E-state index in [0.29, 0.717) is 33.0 Å². The molecule has 0 aromatic heterocycles. The molecule has 0 aliphatic carbocycles. The van der Waals surface area contributed by atoms with Gasteiger partial charge in [0.2, 0.25) is 0 Å². The van der Waals surface area contributed by atoms with Crippen molar-refractivity contribution in [1.82, 2.24) is 5.32 Å². The summed E-state index contributed by atoms with van der Waals surface area (Å²) in [6.07, 6.45) is 3.04. The molecular formula is C12H25NO4. The van der Waals surface area contributed by atoms with Gasteiger partial charge in [0.25, 0.3) is 0 Å². The molecular weight excluding hydrogens is 222 g/mol. The lowest BCUT2D eigenvalue weighted by atomic mass is 9.95. The smallest absolute Gasteiger partial charge is 0.0701 e. The van der Waals surface area contributed by atoms with E-state index in [4.69, 9.17) is 14.2 Å². The van der Waals surface area contributed by atoms with Crippen molar-refractivity contribution in [2.75, 3.05) is 53.3 Å². The molecule has 1 fully saturated rings. The number of aliphatic hydroxyl groups is 1. The number of hydrogen-bond acceptors (Lipinski definition) is 5. The number of hydrogen-bond donors (Lipinski definition) is 2. The Morgan fingerprint density at radius 1 is 1.12 bits per heavy atom. The van der Waals surface area contributed by atoms with Crippen molar-refractivity contribution in [3.63, 3.8) is 0 Å². The summed E-state index contributed by atoms with van der Waals surface area (Å²) in [5.41, 5.74) is -0.100.